The first-order valence-electron chi connectivity index (χ1n) is 12.0. The zero-order valence-electron chi connectivity index (χ0n) is 18.6. The Morgan fingerprint density at radius 2 is 1.31 bits per heavy atom. The van der Waals surface area contributed by atoms with E-state index in [0.29, 0.717) is 6.04 Å². The van der Waals surface area contributed by atoms with E-state index in [9.17, 15) is 4.79 Å². The Bertz CT molecular complexity index is 608. The van der Waals surface area contributed by atoms with Crippen LogP contribution in [0.1, 0.15) is 94.9 Å². The molecule has 5 heteroatoms. The van der Waals surface area contributed by atoms with Crippen LogP contribution in [-0.2, 0) is 4.79 Å². The summed E-state index contributed by atoms with van der Waals surface area (Å²) < 4.78 is 0. The van der Waals surface area contributed by atoms with Gasteiger partial charge in [0.25, 0.3) is 0 Å². The second-order valence-corrected chi connectivity index (χ2v) is 9.18. The van der Waals surface area contributed by atoms with Gasteiger partial charge in [0, 0.05) is 36.4 Å². The molecule has 2 heterocycles. The number of nitrogens with one attached hydrogen (secondary N) is 1. The van der Waals surface area contributed by atoms with Crippen molar-refractivity contribution in [2.24, 2.45) is 5.92 Å². The quantitative estimate of drug-likeness (QED) is 0.767. The lowest BCUT2D eigenvalue weighted by Crippen LogP contribution is -2.44. The number of rotatable bonds is 3. The molecule has 162 valence electrons. The first kappa shape index (κ1) is 22.0. The van der Waals surface area contributed by atoms with Gasteiger partial charge in [0.1, 0.15) is 0 Å². The highest BCUT2D eigenvalue weighted by Gasteiger charge is 2.27. The Hall–Kier alpha value is -1.65. The number of aromatic nitrogens is 2. The fourth-order valence-electron chi connectivity index (χ4n) is 4.82. The Morgan fingerprint density at radius 1 is 0.828 bits per heavy atom. The van der Waals surface area contributed by atoms with Gasteiger partial charge >= 0.3 is 0 Å². The van der Waals surface area contributed by atoms with E-state index in [0.717, 1.165) is 56.1 Å². The van der Waals surface area contributed by atoms with Gasteiger partial charge in [0.2, 0.25) is 11.9 Å². The lowest BCUT2D eigenvalue weighted by molar-refractivity contribution is -0.126. The van der Waals surface area contributed by atoms with E-state index in [1.807, 2.05) is 19.9 Å². The van der Waals surface area contributed by atoms with Crippen LogP contribution in [-0.4, -0.2) is 35.0 Å². The van der Waals surface area contributed by atoms with Crippen LogP contribution in [0.15, 0.2) is 6.07 Å². The molecule has 3 rings (SSSR count). The molecule has 1 saturated carbocycles. The summed E-state index contributed by atoms with van der Waals surface area (Å²) in [5, 5.41) is 3.42. The molecule has 1 N–H and O–H groups in total. The normalized spacial score (nSPS) is 21.2. The Balaban J connectivity index is 1.47. The van der Waals surface area contributed by atoms with E-state index in [2.05, 4.69) is 20.2 Å². The molecule has 1 aliphatic carbocycles. The number of hydrogen-bond donors (Lipinski definition) is 1. The maximum absolute atomic E-state index is 12.9. The summed E-state index contributed by atoms with van der Waals surface area (Å²) >= 11 is 0. The van der Waals surface area contributed by atoms with E-state index in [1.165, 1.54) is 57.8 Å². The Morgan fingerprint density at radius 3 is 1.83 bits per heavy atom. The van der Waals surface area contributed by atoms with E-state index in [4.69, 9.17) is 0 Å². The summed E-state index contributed by atoms with van der Waals surface area (Å²) in [6.45, 7) is 5.76. The Kier molecular flexibility index (Phi) is 8.75. The first-order chi connectivity index (χ1) is 14.1. The van der Waals surface area contributed by atoms with Gasteiger partial charge in [0.05, 0.1) is 0 Å². The molecule has 1 amide bonds. The molecule has 0 spiro atoms. The van der Waals surface area contributed by atoms with E-state index in [1.54, 1.807) is 0 Å². The highest BCUT2D eigenvalue weighted by atomic mass is 16.1. The second kappa shape index (κ2) is 11.5. The topological polar surface area (TPSA) is 58.1 Å². The highest BCUT2D eigenvalue weighted by Crippen LogP contribution is 2.23. The highest BCUT2D eigenvalue weighted by molar-refractivity contribution is 5.79. The van der Waals surface area contributed by atoms with E-state index < -0.39 is 0 Å². The van der Waals surface area contributed by atoms with Crippen LogP contribution in [0.3, 0.4) is 0 Å². The predicted octanol–water partition coefficient (Wildman–Crippen LogP) is 5.10. The fourth-order valence-corrected chi connectivity index (χ4v) is 4.82. The van der Waals surface area contributed by atoms with Crippen LogP contribution in [0.25, 0.3) is 0 Å². The van der Waals surface area contributed by atoms with Gasteiger partial charge in [-0.3, -0.25) is 4.79 Å². The van der Waals surface area contributed by atoms with Crippen molar-refractivity contribution in [3.05, 3.63) is 17.5 Å². The number of carbonyl (C=O) groups is 1. The monoisotopic (exact) mass is 400 g/mol. The van der Waals surface area contributed by atoms with Gasteiger partial charge in [0.15, 0.2) is 0 Å². The third-order valence-electron chi connectivity index (χ3n) is 6.57. The van der Waals surface area contributed by atoms with Crippen molar-refractivity contribution in [1.29, 1.82) is 0 Å². The van der Waals surface area contributed by atoms with Gasteiger partial charge in [-0.25, -0.2) is 9.97 Å². The zero-order valence-corrected chi connectivity index (χ0v) is 18.6. The maximum atomic E-state index is 12.9. The van der Waals surface area contributed by atoms with E-state index in [-0.39, 0.29) is 11.8 Å². The van der Waals surface area contributed by atoms with Crippen molar-refractivity contribution in [2.45, 2.75) is 103 Å². The van der Waals surface area contributed by atoms with Crippen LogP contribution in [0.5, 0.6) is 0 Å². The molecule has 1 aliphatic heterocycles. The van der Waals surface area contributed by atoms with Crippen molar-refractivity contribution in [3.8, 4) is 0 Å². The molecule has 2 aliphatic rings. The number of aryl methyl sites for hydroxylation is 2. The minimum atomic E-state index is 0.138. The Labute approximate surface area is 177 Å². The molecule has 29 heavy (non-hydrogen) atoms. The molecule has 1 aromatic rings. The summed E-state index contributed by atoms with van der Waals surface area (Å²) in [5.74, 6) is 1.24. The molecule has 0 radical (unpaired) electrons. The minimum absolute atomic E-state index is 0.138. The molecule has 1 aromatic heterocycles. The lowest BCUT2D eigenvalue weighted by Gasteiger charge is -2.32. The first-order valence-corrected chi connectivity index (χ1v) is 12.0. The van der Waals surface area contributed by atoms with Gasteiger partial charge in [-0.2, -0.15) is 0 Å². The van der Waals surface area contributed by atoms with Gasteiger partial charge < -0.3 is 10.2 Å². The summed E-state index contributed by atoms with van der Waals surface area (Å²) in [5.41, 5.74) is 2.02. The van der Waals surface area contributed by atoms with Crippen molar-refractivity contribution in [1.82, 2.24) is 15.3 Å². The minimum Gasteiger partial charge on any atom is -0.353 e. The average Bonchev–Trinajstić information content (AvgIpc) is 2.69. The number of carbonyl (C=O) groups excluding carboxylic acids is 1. The number of anilines is 1. The molecule has 2 fully saturated rings. The molecule has 5 nitrogen and oxygen atoms in total. The van der Waals surface area contributed by atoms with Crippen molar-refractivity contribution >= 4 is 11.9 Å². The van der Waals surface area contributed by atoms with Crippen LogP contribution in [0.4, 0.5) is 5.95 Å². The number of piperidine rings is 1. The van der Waals surface area contributed by atoms with Gasteiger partial charge in [-0.05, 0) is 45.6 Å². The molecule has 1 saturated heterocycles. The maximum Gasteiger partial charge on any atom is 0.225 e. The summed E-state index contributed by atoms with van der Waals surface area (Å²) in [7, 11) is 0. The second-order valence-electron chi connectivity index (χ2n) is 9.18. The smallest absolute Gasteiger partial charge is 0.225 e. The average molecular weight is 401 g/mol. The number of nitrogens with zero attached hydrogens (tertiary/aromatic N) is 3. The molecule has 0 bridgehead atoms. The SMILES string of the molecule is Cc1cc(C)nc(N2CCC(C(=O)NC3CCCCCCCCCCC3)CC2)n1. The van der Waals surface area contributed by atoms with Crippen LogP contribution < -0.4 is 10.2 Å². The van der Waals surface area contributed by atoms with Crippen molar-refractivity contribution in [3.63, 3.8) is 0 Å². The summed E-state index contributed by atoms with van der Waals surface area (Å²) in [4.78, 5) is 24.3. The lowest BCUT2D eigenvalue weighted by atomic mass is 9.94. The summed E-state index contributed by atoms with van der Waals surface area (Å²) in [6, 6.07) is 2.38. The van der Waals surface area contributed by atoms with Gasteiger partial charge in [-0.15, -0.1) is 0 Å². The van der Waals surface area contributed by atoms with Gasteiger partial charge in [-0.1, -0.05) is 57.8 Å². The molecule has 0 atom stereocenters. The molecular formula is C24H40N4O. The largest absolute Gasteiger partial charge is 0.353 e. The van der Waals surface area contributed by atoms with Crippen LogP contribution in [0.2, 0.25) is 0 Å². The molecular weight excluding hydrogens is 360 g/mol. The van der Waals surface area contributed by atoms with Crippen LogP contribution >= 0.6 is 0 Å². The standard InChI is InChI=1S/C24H40N4O/c1-19-18-20(2)26-24(25-19)28-16-14-21(15-17-28)23(29)27-22-12-10-8-6-4-3-5-7-9-11-13-22/h18,21-22H,3-17H2,1-2H3,(H,27,29). The van der Waals surface area contributed by atoms with Crippen molar-refractivity contribution < 1.29 is 4.79 Å². The van der Waals surface area contributed by atoms with E-state index >= 15 is 0 Å². The number of amides is 1. The summed E-state index contributed by atoms with van der Waals surface area (Å²) in [6.07, 6.45) is 16.2. The molecule has 0 unspecified atom stereocenters. The molecule has 0 aromatic carbocycles. The fraction of sp³-hybridized carbons (Fsp3) is 0.792. The van der Waals surface area contributed by atoms with Crippen molar-refractivity contribution in [2.75, 3.05) is 18.0 Å². The number of hydrogen-bond acceptors (Lipinski definition) is 4. The zero-order chi connectivity index (χ0) is 20.5. The van der Waals surface area contributed by atoms with Crippen LogP contribution in [0, 0.1) is 19.8 Å². The third kappa shape index (κ3) is 7.27. The predicted molar refractivity (Wildman–Crippen MR) is 119 cm³/mol. The third-order valence-corrected chi connectivity index (χ3v) is 6.57.